The lowest BCUT2D eigenvalue weighted by molar-refractivity contribution is -0.140. The third-order valence-corrected chi connectivity index (χ3v) is 4.94. The highest BCUT2D eigenvalue weighted by molar-refractivity contribution is 7.85. The molecule has 0 unspecified atom stereocenters. The van der Waals surface area contributed by atoms with Gasteiger partial charge in [0, 0.05) is 17.5 Å². The van der Waals surface area contributed by atoms with Crippen LogP contribution in [0.15, 0.2) is 46.8 Å². The Labute approximate surface area is 161 Å². The summed E-state index contributed by atoms with van der Waals surface area (Å²) in [5, 5.41) is 3.20. The molecular formula is C19H29NO6S. The van der Waals surface area contributed by atoms with E-state index in [-0.39, 0.29) is 19.0 Å². The number of carbonyl (C=O) groups excluding carboxylic acids is 1. The van der Waals surface area contributed by atoms with Crippen LogP contribution in [0.4, 0.5) is 0 Å². The molecule has 27 heavy (non-hydrogen) atoms. The average molecular weight is 400 g/mol. The zero-order valence-corrected chi connectivity index (χ0v) is 17.0. The van der Waals surface area contributed by atoms with Crippen molar-refractivity contribution in [3.8, 4) is 0 Å². The lowest BCUT2D eigenvalue weighted by Crippen LogP contribution is -2.14. The summed E-state index contributed by atoms with van der Waals surface area (Å²) in [4.78, 5) is 11.3. The zero-order chi connectivity index (χ0) is 20.4. The number of rotatable bonds is 11. The molecule has 152 valence electrons. The fourth-order valence-electron chi connectivity index (χ4n) is 2.53. The van der Waals surface area contributed by atoms with Crippen LogP contribution in [0, 0.1) is 0 Å². The van der Waals surface area contributed by atoms with Gasteiger partial charge in [-0.05, 0) is 62.8 Å². The van der Waals surface area contributed by atoms with Gasteiger partial charge in [-0.15, -0.1) is 0 Å². The molecule has 1 heterocycles. The Kier molecular flexibility index (Phi) is 9.48. The third-order valence-electron chi connectivity index (χ3n) is 4.13. The minimum atomic E-state index is -3.97. The van der Waals surface area contributed by atoms with Gasteiger partial charge in [-0.1, -0.05) is 6.58 Å². The Morgan fingerprint density at radius 1 is 1.22 bits per heavy atom. The Hall–Kier alpha value is -1.90. The molecule has 0 aliphatic carbocycles. The highest BCUT2D eigenvalue weighted by Gasteiger charge is 2.14. The van der Waals surface area contributed by atoms with E-state index in [1.54, 1.807) is 6.92 Å². The van der Waals surface area contributed by atoms with Crippen LogP contribution in [0.2, 0.25) is 0 Å². The van der Waals surface area contributed by atoms with Crippen molar-refractivity contribution >= 4 is 16.1 Å². The van der Waals surface area contributed by atoms with Gasteiger partial charge in [0.15, 0.2) is 0 Å². The quantitative estimate of drug-likeness (QED) is 0.238. The molecule has 0 aromatic carbocycles. The van der Waals surface area contributed by atoms with Gasteiger partial charge in [0.1, 0.15) is 6.61 Å². The van der Waals surface area contributed by atoms with E-state index in [4.69, 9.17) is 14.0 Å². The van der Waals surface area contributed by atoms with Crippen LogP contribution in [0.5, 0.6) is 0 Å². The minimum Gasteiger partial charge on any atom is -0.460 e. The van der Waals surface area contributed by atoms with Crippen molar-refractivity contribution in [1.82, 2.24) is 5.32 Å². The maximum Gasteiger partial charge on any atom is 0.333 e. The van der Waals surface area contributed by atoms with Crippen molar-refractivity contribution in [3.63, 3.8) is 0 Å². The molecule has 8 heteroatoms. The van der Waals surface area contributed by atoms with Crippen LogP contribution >= 0.6 is 0 Å². The number of carbonyl (C=O) groups is 1. The summed E-state index contributed by atoms with van der Waals surface area (Å²) in [5.41, 5.74) is 4.55. The second-order valence-corrected chi connectivity index (χ2v) is 7.98. The summed E-state index contributed by atoms with van der Waals surface area (Å²) in [7, 11) is -3.97. The Morgan fingerprint density at radius 2 is 1.93 bits per heavy atom. The predicted octanol–water partition coefficient (Wildman–Crippen LogP) is 2.89. The molecule has 1 aliphatic heterocycles. The number of hydrogen-bond donors (Lipinski definition) is 2. The fourth-order valence-corrected chi connectivity index (χ4v) is 3.04. The number of ether oxygens (including phenoxy) is 2. The first-order chi connectivity index (χ1) is 12.6. The largest absolute Gasteiger partial charge is 0.460 e. The molecule has 0 bridgehead atoms. The Morgan fingerprint density at radius 3 is 2.56 bits per heavy atom. The summed E-state index contributed by atoms with van der Waals surface area (Å²) >= 11 is 0. The van der Waals surface area contributed by atoms with Gasteiger partial charge in [0.2, 0.25) is 0 Å². The van der Waals surface area contributed by atoms with E-state index in [0.717, 1.165) is 22.4 Å². The average Bonchev–Trinajstić information content (AvgIpc) is 2.69. The molecule has 7 nitrogen and oxygen atoms in total. The lowest BCUT2D eigenvalue weighted by atomic mass is 9.97. The zero-order valence-electron chi connectivity index (χ0n) is 16.2. The number of esters is 1. The second kappa shape index (κ2) is 11.1. The molecule has 0 fully saturated rings. The van der Waals surface area contributed by atoms with Crippen molar-refractivity contribution < 1.29 is 27.2 Å². The van der Waals surface area contributed by atoms with Crippen LogP contribution in [0.25, 0.3) is 0 Å². The topological polar surface area (TPSA) is 102 Å². The SMILES string of the molecule is C=C(C)C(=O)OCCOCCC1=C(CCCS(=O)(=O)O)NC=CC(C)=C1C. The van der Waals surface area contributed by atoms with Crippen LogP contribution in [0.3, 0.4) is 0 Å². The first-order valence-corrected chi connectivity index (χ1v) is 10.4. The summed E-state index contributed by atoms with van der Waals surface area (Å²) < 4.78 is 41.3. The molecule has 0 aromatic rings. The number of hydrogen-bond acceptors (Lipinski definition) is 6. The van der Waals surface area contributed by atoms with E-state index in [1.807, 2.05) is 26.1 Å². The summed E-state index contributed by atoms with van der Waals surface area (Å²) in [6.45, 7) is 10.0. The maximum absolute atomic E-state index is 11.3. The van der Waals surface area contributed by atoms with Crippen molar-refractivity contribution in [2.45, 2.75) is 40.0 Å². The van der Waals surface area contributed by atoms with Gasteiger partial charge >= 0.3 is 5.97 Å². The smallest absolute Gasteiger partial charge is 0.333 e. The van der Waals surface area contributed by atoms with Crippen LogP contribution in [0.1, 0.15) is 40.0 Å². The number of allylic oxidation sites excluding steroid dienone is 4. The molecule has 0 aromatic heterocycles. The van der Waals surface area contributed by atoms with Crippen LogP contribution in [-0.4, -0.2) is 44.5 Å². The summed E-state index contributed by atoms with van der Waals surface area (Å²) in [6.07, 6.45) is 5.24. The van der Waals surface area contributed by atoms with Gasteiger partial charge in [-0.2, -0.15) is 8.42 Å². The maximum atomic E-state index is 11.3. The second-order valence-electron chi connectivity index (χ2n) is 6.41. The molecule has 1 rings (SSSR count). The van der Waals surface area contributed by atoms with Crippen molar-refractivity contribution in [3.05, 3.63) is 46.8 Å². The van der Waals surface area contributed by atoms with E-state index in [1.165, 1.54) is 0 Å². The normalized spacial score (nSPS) is 14.8. The van der Waals surface area contributed by atoms with Gasteiger partial charge in [0.25, 0.3) is 10.1 Å². The molecule has 0 amide bonds. The first-order valence-electron chi connectivity index (χ1n) is 8.80. The molecule has 0 saturated carbocycles. The predicted molar refractivity (Wildman–Crippen MR) is 105 cm³/mol. The van der Waals surface area contributed by atoms with E-state index < -0.39 is 16.1 Å². The summed E-state index contributed by atoms with van der Waals surface area (Å²) in [5.74, 6) is -0.711. The van der Waals surface area contributed by atoms with Crippen molar-refractivity contribution in [2.75, 3.05) is 25.6 Å². The monoisotopic (exact) mass is 399 g/mol. The van der Waals surface area contributed by atoms with Crippen molar-refractivity contribution in [1.29, 1.82) is 0 Å². The molecular weight excluding hydrogens is 370 g/mol. The van der Waals surface area contributed by atoms with E-state index in [9.17, 15) is 13.2 Å². The van der Waals surface area contributed by atoms with E-state index in [2.05, 4.69) is 11.9 Å². The standard InChI is InChI=1S/C19H29NO6S/c1-14(2)19(21)26-12-11-25-10-8-17-16(4)15(3)7-9-20-18(17)6-5-13-27(22,23)24/h7,9,20H,1,5-6,8,10-13H2,2-4H3,(H,22,23,24). The third kappa shape index (κ3) is 9.03. The lowest BCUT2D eigenvalue weighted by Gasteiger charge is -2.16. The Balaban J connectivity index is 2.62. The van der Waals surface area contributed by atoms with Crippen molar-refractivity contribution in [2.24, 2.45) is 0 Å². The molecule has 1 aliphatic rings. The first kappa shape index (κ1) is 23.1. The van der Waals surface area contributed by atoms with Crippen LogP contribution in [-0.2, 0) is 24.4 Å². The molecule has 2 N–H and O–H groups in total. The molecule has 0 radical (unpaired) electrons. The number of nitrogens with one attached hydrogen (secondary N) is 1. The summed E-state index contributed by atoms with van der Waals surface area (Å²) in [6, 6.07) is 0. The van der Waals surface area contributed by atoms with Gasteiger partial charge in [0.05, 0.1) is 19.0 Å². The van der Waals surface area contributed by atoms with Gasteiger partial charge in [-0.3, -0.25) is 4.55 Å². The molecule has 0 saturated heterocycles. The Bertz CT molecular complexity index is 746. The highest BCUT2D eigenvalue weighted by Crippen LogP contribution is 2.26. The van der Waals surface area contributed by atoms with E-state index in [0.29, 0.717) is 31.4 Å². The van der Waals surface area contributed by atoms with Gasteiger partial charge < -0.3 is 14.8 Å². The molecule has 0 atom stereocenters. The highest BCUT2D eigenvalue weighted by atomic mass is 32.2. The molecule has 0 spiro atoms. The van der Waals surface area contributed by atoms with Crippen LogP contribution < -0.4 is 5.32 Å². The van der Waals surface area contributed by atoms with Gasteiger partial charge in [-0.25, -0.2) is 4.79 Å². The fraction of sp³-hybridized carbons (Fsp3) is 0.526. The van der Waals surface area contributed by atoms with E-state index >= 15 is 0 Å². The minimum absolute atomic E-state index is 0.166.